The Hall–Kier alpha value is -3.67. The quantitative estimate of drug-likeness (QED) is 0.250. The highest BCUT2D eigenvalue weighted by molar-refractivity contribution is 5.87. The summed E-state index contributed by atoms with van der Waals surface area (Å²) in [6.45, 7) is 8.88. The fraction of sp³-hybridized carbons (Fsp3) is 0.444. The number of aliphatic carboxylic acids is 1. The van der Waals surface area contributed by atoms with E-state index in [2.05, 4.69) is 37.0 Å². The second-order valence-electron chi connectivity index (χ2n) is 12.6. The van der Waals surface area contributed by atoms with Gasteiger partial charge in [-0.3, -0.25) is 9.78 Å². The molecule has 3 aromatic rings. The minimum Gasteiger partial charge on any atom is -0.493 e. The number of pyridine rings is 1. The van der Waals surface area contributed by atoms with Crippen LogP contribution in [0.25, 0.3) is 11.1 Å². The van der Waals surface area contributed by atoms with Crippen molar-refractivity contribution in [3.63, 3.8) is 0 Å². The van der Waals surface area contributed by atoms with E-state index in [4.69, 9.17) is 9.72 Å². The van der Waals surface area contributed by atoms with Crippen LogP contribution in [0, 0.1) is 18.2 Å². The first-order chi connectivity index (χ1) is 20.2. The lowest BCUT2D eigenvalue weighted by atomic mass is 9.81. The van der Waals surface area contributed by atoms with Crippen molar-refractivity contribution in [3.05, 3.63) is 88.5 Å². The van der Waals surface area contributed by atoms with Gasteiger partial charge in [0.05, 0.1) is 24.4 Å². The Balaban J connectivity index is 1.51. The number of ether oxygens (including phenoxy) is 1. The summed E-state index contributed by atoms with van der Waals surface area (Å²) < 4.78 is 19.3. The number of hydrogen-bond acceptors (Lipinski definition) is 4. The highest BCUT2D eigenvalue weighted by Gasteiger charge is 2.31. The van der Waals surface area contributed by atoms with Gasteiger partial charge < -0.3 is 14.7 Å². The molecule has 222 valence electrons. The smallest absolute Gasteiger partial charge is 0.307 e. The van der Waals surface area contributed by atoms with E-state index < -0.39 is 5.97 Å². The maximum atomic E-state index is 13.2. The molecule has 0 spiro atoms. The van der Waals surface area contributed by atoms with Crippen molar-refractivity contribution in [3.8, 4) is 16.9 Å². The van der Waals surface area contributed by atoms with Crippen molar-refractivity contribution in [1.29, 1.82) is 0 Å². The van der Waals surface area contributed by atoms with Crippen LogP contribution >= 0.6 is 0 Å². The number of anilines is 1. The van der Waals surface area contributed by atoms with Crippen LogP contribution < -0.4 is 9.64 Å². The van der Waals surface area contributed by atoms with Gasteiger partial charge in [-0.05, 0) is 86.3 Å². The number of rotatable bonds is 10. The van der Waals surface area contributed by atoms with Crippen molar-refractivity contribution in [2.45, 2.75) is 78.6 Å². The zero-order valence-electron chi connectivity index (χ0n) is 25.2. The number of carboxylic acids is 1. The van der Waals surface area contributed by atoms with Crippen LogP contribution in [0.5, 0.6) is 5.75 Å². The number of allylic oxidation sites excluding steroid dienone is 2. The van der Waals surface area contributed by atoms with Gasteiger partial charge in [0.2, 0.25) is 0 Å². The van der Waals surface area contributed by atoms with Gasteiger partial charge in [-0.15, -0.1) is 0 Å². The fourth-order valence-corrected chi connectivity index (χ4v) is 6.20. The number of aromatic nitrogens is 1. The maximum Gasteiger partial charge on any atom is 0.307 e. The zero-order valence-corrected chi connectivity index (χ0v) is 25.2. The standard InChI is InChI=1S/C36H43FN2O3/c1-25-31(24-33(40)41)35(39-20-18-36(2,3)19-21-39)34(32(38-25)23-27-7-5-4-6-8-27)28-11-15-30(16-12-28)42-22-17-26-9-13-29(37)14-10-26/h7,9-16H,4-6,8,17-24H2,1-3H3,(H,40,41). The Bertz CT molecular complexity index is 1420. The lowest BCUT2D eigenvalue weighted by Gasteiger charge is -2.40. The predicted octanol–water partition coefficient (Wildman–Crippen LogP) is 8.11. The monoisotopic (exact) mass is 570 g/mol. The Kier molecular flexibility index (Phi) is 9.30. The summed E-state index contributed by atoms with van der Waals surface area (Å²) in [6, 6.07) is 14.7. The number of carbonyl (C=O) groups is 1. The van der Waals surface area contributed by atoms with Crippen LogP contribution in [0.2, 0.25) is 0 Å². The van der Waals surface area contributed by atoms with E-state index in [-0.39, 0.29) is 17.7 Å². The molecule has 1 aliphatic heterocycles. The van der Waals surface area contributed by atoms with Crippen LogP contribution in [-0.4, -0.2) is 35.8 Å². The molecule has 0 amide bonds. The third-order valence-corrected chi connectivity index (χ3v) is 8.81. The summed E-state index contributed by atoms with van der Waals surface area (Å²) in [6.07, 6.45) is 10.6. The summed E-state index contributed by atoms with van der Waals surface area (Å²) >= 11 is 0. The summed E-state index contributed by atoms with van der Waals surface area (Å²) in [4.78, 5) is 19.6. The summed E-state index contributed by atoms with van der Waals surface area (Å²) in [5.41, 5.74) is 8.51. The van der Waals surface area contributed by atoms with Gasteiger partial charge in [-0.2, -0.15) is 0 Å². The van der Waals surface area contributed by atoms with Crippen molar-refractivity contribution in [2.24, 2.45) is 5.41 Å². The number of aryl methyl sites for hydroxylation is 1. The first-order valence-corrected chi connectivity index (χ1v) is 15.3. The molecule has 0 atom stereocenters. The molecule has 1 aliphatic carbocycles. The van der Waals surface area contributed by atoms with Gasteiger partial charge in [-0.25, -0.2) is 4.39 Å². The number of benzene rings is 2. The second-order valence-corrected chi connectivity index (χ2v) is 12.6. The first kappa shape index (κ1) is 29.8. The van der Waals surface area contributed by atoms with Crippen LogP contribution in [0.4, 0.5) is 10.1 Å². The van der Waals surface area contributed by atoms with Gasteiger partial charge >= 0.3 is 5.97 Å². The normalized spacial score (nSPS) is 16.7. The minimum absolute atomic E-state index is 0.0470. The average Bonchev–Trinajstić information content (AvgIpc) is 2.96. The van der Waals surface area contributed by atoms with E-state index >= 15 is 0 Å². The molecule has 1 aromatic heterocycles. The van der Waals surface area contributed by atoms with Crippen molar-refractivity contribution in [2.75, 3.05) is 24.6 Å². The number of carboxylic acid groups (broad SMARTS) is 1. The van der Waals surface area contributed by atoms with Crippen LogP contribution in [0.1, 0.15) is 74.9 Å². The lowest BCUT2D eigenvalue weighted by molar-refractivity contribution is -0.136. The molecule has 0 radical (unpaired) electrons. The van der Waals surface area contributed by atoms with Crippen LogP contribution in [0.15, 0.2) is 60.2 Å². The minimum atomic E-state index is -0.836. The number of nitrogens with zero attached hydrogens (tertiary/aromatic N) is 2. The molecule has 5 nitrogen and oxygen atoms in total. The van der Waals surface area contributed by atoms with Gasteiger partial charge in [0, 0.05) is 42.8 Å². The van der Waals surface area contributed by atoms with Gasteiger partial charge in [0.15, 0.2) is 0 Å². The van der Waals surface area contributed by atoms with Gasteiger partial charge in [0.1, 0.15) is 11.6 Å². The van der Waals surface area contributed by atoms with Crippen molar-refractivity contribution < 1.29 is 19.0 Å². The maximum absolute atomic E-state index is 13.2. The molecule has 0 unspecified atom stereocenters. The van der Waals surface area contributed by atoms with E-state index in [1.165, 1.54) is 30.5 Å². The molecular formula is C36H43FN2O3. The predicted molar refractivity (Wildman–Crippen MR) is 167 cm³/mol. The first-order valence-electron chi connectivity index (χ1n) is 15.3. The molecule has 1 saturated heterocycles. The Morgan fingerprint density at radius 3 is 2.40 bits per heavy atom. The summed E-state index contributed by atoms with van der Waals surface area (Å²) in [5.74, 6) is -0.305. The molecule has 0 saturated carbocycles. The van der Waals surface area contributed by atoms with E-state index in [0.29, 0.717) is 13.0 Å². The molecular weight excluding hydrogens is 527 g/mol. The SMILES string of the molecule is Cc1nc(CC2=CCCCC2)c(-c2ccc(OCCc3ccc(F)cc3)cc2)c(N2CCC(C)(C)CC2)c1CC(=O)O. The molecule has 5 rings (SSSR count). The van der Waals surface area contributed by atoms with Crippen LogP contribution in [0.3, 0.4) is 0 Å². The number of halogens is 1. The van der Waals surface area contributed by atoms with E-state index in [1.807, 2.05) is 19.1 Å². The van der Waals surface area contributed by atoms with Crippen molar-refractivity contribution >= 4 is 11.7 Å². The van der Waals surface area contributed by atoms with E-state index in [0.717, 1.165) is 90.3 Å². The molecule has 1 N–H and O–H groups in total. The largest absolute Gasteiger partial charge is 0.493 e. The van der Waals surface area contributed by atoms with Crippen molar-refractivity contribution in [1.82, 2.24) is 4.98 Å². The third-order valence-electron chi connectivity index (χ3n) is 8.81. The Morgan fingerprint density at radius 2 is 1.76 bits per heavy atom. The summed E-state index contributed by atoms with van der Waals surface area (Å²) in [5, 5.41) is 9.91. The Labute approximate surface area is 249 Å². The van der Waals surface area contributed by atoms with E-state index in [9.17, 15) is 14.3 Å². The lowest BCUT2D eigenvalue weighted by Crippen LogP contribution is -2.38. The number of piperidine rings is 1. The zero-order chi connectivity index (χ0) is 29.7. The molecule has 2 aliphatic rings. The second kappa shape index (κ2) is 13.1. The van der Waals surface area contributed by atoms with Gasteiger partial charge in [0.25, 0.3) is 0 Å². The fourth-order valence-electron chi connectivity index (χ4n) is 6.20. The van der Waals surface area contributed by atoms with E-state index in [1.54, 1.807) is 12.1 Å². The number of hydrogen-bond donors (Lipinski definition) is 1. The molecule has 0 bridgehead atoms. The molecule has 6 heteroatoms. The topological polar surface area (TPSA) is 62.7 Å². The third kappa shape index (κ3) is 7.39. The average molecular weight is 571 g/mol. The van der Waals surface area contributed by atoms with Crippen LogP contribution in [-0.2, 0) is 24.1 Å². The highest BCUT2D eigenvalue weighted by atomic mass is 19.1. The molecule has 1 fully saturated rings. The van der Waals surface area contributed by atoms with Gasteiger partial charge in [-0.1, -0.05) is 49.8 Å². The summed E-state index contributed by atoms with van der Waals surface area (Å²) in [7, 11) is 0. The molecule has 2 aromatic carbocycles. The highest BCUT2D eigenvalue weighted by Crippen LogP contribution is 2.43. The molecule has 42 heavy (non-hydrogen) atoms. The Morgan fingerprint density at radius 1 is 1.05 bits per heavy atom. The molecule has 2 heterocycles.